The van der Waals surface area contributed by atoms with Gasteiger partial charge in [-0.25, -0.2) is 9.78 Å². The van der Waals surface area contributed by atoms with Gasteiger partial charge in [-0.2, -0.15) is 0 Å². The summed E-state index contributed by atoms with van der Waals surface area (Å²) in [7, 11) is 0. The number of rotatable bonds is 3. The highest BCUT2D eigenvalue weighted by Crippen LogP contribution is 2.39. The predicted octanol–water partition coefficient (Wildman–Crippen LogP) is 1.53. The Morgan fingerprint density at radius 3 is 3.14 bits per heavy atom. The summed E-state index contributed by atoms with van der Waals surface area (Å²) in [6.07, 6.45) is 8.62. The molecule has 3 rings (SSSR count). The third kappa shape index (κ3) is 3.11. The highest BCUT2D eigenvalue weighted by atomic mass is 16.3. The van der Waals surface area contributed by atoms with Gasteiger partial charge in [-0.05, 0) is 26.2 Å². The Balaban J connectivity index is 1.48. The van der Waals surface area contributed by atoms with E-state index in [9.17, 15) is 9.90 Å². The van der Waals surface area contributed by atoms with Gasteiger partial charge in [0, 0.05) is 44.5 Å². The summed E-state index contributed by atoms with van der Waals surface area (Å²) in [5.41, 5.74) is -0.525. The average Bonchev–Trinajstić information content (AvgIpc) is 2.91. The molecule has 2 fully saturated rings. The highest BCUT2D eigenvalue weighted by Gasteiger charge is 2.43. The number of likely N-dealkylation sites (tertiary alicyclic amines) is 1. The molecule has 0 bridgehead atoms. The molecule has 1 aromatic heterocycles. The molecule has 0 aromatic carbocycles. The van der Waals surface area contributed by atoms with Crippen molar-refractivity contribution in [2.24, 2.45) is 5.92 Å². The topological polar surface area (TPSA) is 70.4 Å². The molecule has 2 N–H and O–H groups in total. The van der Waals surface area contributed by atoms with Crippen LogP contribution in [0.15, 0.2) is 12.4 Å². The maximum atomic E-state index is 12.3. The quantitative estimate of drug-likeness (QED) is 0.889. The lowest BCUT2D eigenvalue weighted by Gasteiger charge is -2.47. The van der Waals surface area contributed by atoms with Gasteiger partial charge in [0.2, 0.25) is 0 Å². The average molecular weight is 306 g/mol. The summed E-state index contributed by atoms with van der Waals surface area (Å²) in [5, 5.41) is 13.6. The van der Waals surface area contributed by atoms with Crippen LogP contribution in [0, 0.1) is 12.8 Å². The zero-order chi connectivity index (χ0) is 15.6. The monoisotopic (exact) mass is 306 g/mol. The number of nitrogens with zero attached hydrogens (tertiary/aromatic N) is 3. The molecule has 0 radical (unpaired) electrons. The number of carbonyl (C=O) groups is 1. The Morgan fingerprint density at radius 2 is 2.36 bits per heavy atom. The van der Waals surface area contributed by atoms with Crippen LogP contribution in [-0.4, -0.2) is 50.8 Å². The SMILES string of the molecule is Cc1nccn1CCNC(=O)N1CC[C@@]2(O)CCCC[C@H]2C1. The van der Waals surface area contributed by atoms with Gasteiger partial charge in [-0.15, -0.1) is 0 Å². The number of imidazole rings is 1. The van der Waals surface area contributed by atoms with Gasteiger partial charge in [-0.1, -0.05) is 12.8 Å². The minimum absolute atomic E-state index is 0.00890. The van der Waals surface area contributed by atoms with E-state index in [0.717, 1.165) is 31.6 Å². The Morgan fingerprint density at radius 1 is 1.50 bits per heavy atom. The first-order valence-corrected chi connectivity index (χ1v) is 8.31. The lowest BCUT2D eigenvalue weighted by molar-refractivity contribution is -0.0870. The van der Waals surface area contributed by atoms with Crippen LogP contribution in [0.25, 0.3) is 0 Å². The third-order valence-electron chi connectivity index (χ3n) is 5.27. The number of urea groups is 1. The molecule has 1 saturated carbocycles. The molecule has 2 aliphatic rings. The lowest BCUT2D eigenvalue weighted by Crippen LogP contribution is -2.56. The second kappa shape index (κ2) is 6.28. The molecule has 1 aliphatic carbocycles. The van der Waals surface area contributed by atoms with Crippen LogP contribution in [-0.2, 0) is 6.54 Å². The normalized spacial score (nSPS) is 28.3. The van der Waals surface area contributed by atoms with Gasteiger partial charge in [0.05, 0.1) is 5.60 Å². The van der Waals surface area contributed by atoms with E-state index in [2.05, 4.69) is 10.3 Å². The van der Waals surface area contributed by atoms with Gasteiger partial charge in [0.15, 0.2) is 0 Å². The molecule has 2 amide bonds. The minimum atomic E-state index is -0.525. The van der Waals surface area contributed by atoms with Gasteiger partial charge in [0.25, 0.3) is 0 Å². The Labute approximate surface area is 131 Å². The fourth-order valence-corrected chi connectivity index (χ4v) is 3.79. The number of aryl methyl sites for hydroxylation is 1. The van der Waals surface area contributed by atoms with Crippen LogP contribution in [0.5, 0.6) is 0 Å². The first-order valence-electron chi connectivity index (χ1n) is 8.31. The maximum absolute atomic E-state index is 12.3. The van der Waals surface area contributed by atoms with Crippen molar-refractivity contribution in [1.82, 2.24) is 19.8 Å². The molecule has 0 unspecified atom stereocenters. The van der Waals surface area contributed by atoms with Gasteiger partial charge >= 0.3 is 6.03 Å². The number of carbonyl (C=O) groups excluding carboxylic acids is 1. The van der Waals surface area contributed by atoms with E-state index in [0.29, 0.717) is 26.1 Å². The zero-order valence-corrected chi connectivity index (χ0v) is 13.3. The van der Waals surface area contributed by atoms with Crippen molar-refractivity contribution in [3.63, 3.8) is 0 Å². The fraction of sp³-hybridized carbons (Fsp3) is 0.750. The lowest BCUT2D eigenvalue weighted by atomic mass is 9.71. The van der Waals surface area contributed by atoms with Crippen molar-refractivity contribution >= 4 is 6.03 Å². The van der Waals surface area contributed by atoms with E-state index in [4.69, 9.17) is 0 Å². The summed E-state index contributed by atoms with van der Waals surface area (Å²) in [6.45, 7) is 4.63. The van der Waals surface area contributed by atoms with Crippen molar-refractivity contribution in [2.75, 3.05) is 19.6 Å². The number of hydrogen-bond donors (Lipinski definition) is 2. The first kappa shape index (κ1) is 15.3. The van der Waals surface area contributed by atoms with E-state index in [-0.39, 0.29) is 11.9 Å². The zero-order valence-electron chi connectivity index (χ0n) is 13.3. The van der Waals surface area contributed by atoms with E-state index >= 15 is 0 Å². The molecular weight excluding hydrogens is 280 g/mol. The molecular formula is C16H26N4O2. The standard InChI is InChI=1S/C16H26N4O2/c1-13-17-7-10-19(13)11-8-18-15(21)20-9-6-16(22)5-3-2-4-14(16)12-20/h7,10,14,22H,2-6,8-9,11-12H2,1H3,(H,18,21)/t14-,16-/m0/s1. The van der Waals surface area contributed by atoms with Crippen molar-refractivity contribution in [2.45, 2.75) is 51.2 Å². The van der Waals surface area contributed by atoms with Crippen LogP contribution in [0.2, 0.25) is 0 Å². The second-order valence-electron chi connectivity index (χ2n) is 6.64. The Hall–Kier alpha value is -1.56. The summed E-state index contributed by atoms with van der Waals surface area (Å²) < 4.78 is 2.02. The molecule has 2 atom stereocenters. The van der Waals surface area contributed by atoms with Crippen molar-refractivity contribution < 1.29 is 9.90 Å². The van der Waals surface area contributed by atoms with Crippen LogP contribution >= 0.6 is 0 Å². The molecule has 6 nitrogen and oxygen atoms in total. The smallest absolute Gasteiger partial charge is 0.317 e. The van der Waals surface area contributed by atoms with Gasteiger partial charge in [0.1, 0.15) is 5.82 Å². The minimum Gasteiger partial charge on any atom is -0.389 e. The van der Waals surface area contributed by atoms with Crippen LogP contribution in [0.3, 0.4) is 0 Å². The van der Waals surface area contributed by atoms with E-state index < -0.39 is 5.60 Å². The van der Waals surface area contributed by atoms with Crippen molar-refractivity contribution in [3.05, 3.63) is 18.2 Å². The van der Waals surface area contributed by atoms with E-state index in [1.807, 2.05) is 22.6 Å². The summed E-state index contributed by atoms with van der Waals surface area (Å²) >= 11 is 0. The number of fused-ring (bicyclic) bond motifs is 1. The fourth-order valence-electron chi connectivity index (χ4n) is 3.79. The Bertz CT molecular complexity index is 530. The number of amides is 2. The highest BCUT2D eigenvalue weighted by molar-refractivity contribution is 5.74. The van der Waals surface area contributed by atoms with Crippen LogP contribution in [0.4, 0.5) is 4.79 Å². The third-order valence-corrected chi connectivity index (χ3v) is 5.27. The van der Waals surface area contributed by atoms with E-state index in [1.54, 1.807) is 6.20 Å². The maximum Gasteiger partial charge on any atom is 0.317 e. The summed E-state index contributed by atoms with van der Waals surface area (Å²) in [4.78, 5) is 18.3. The largest absolute Gasteiger partial charge is 0.389 e. The van der Waals surface area contributed by atoms with Gasteiger partial charge in [-0.3, -0.25) is 0 Å². The number of aromatic nitrogens is 2. The number of piperidine rings is 1. The second-order valence-corrected chi connectivity index (χ2v) is 6.64. The summed E-state index contributed by atoms with van der Waals surface area (Å²) in [6, 6.07) is -0.00890. The molecule has 1 aromatic rings. The molecule has 22 heavy (non-hydrogen) atoms. The molecule has 0 spiro atoms. The molecule has 2 heterocycles. The number of hydrogen-bond acceptors (Lipinski definition) is 3. The number of aliphatic hydroxyl groups is 1. The summed E-state index contributed by atoms with van der Waals surface area (Å²) in [5.74, 6) is 1.20. The molecule has 1 saturated heterocycles. The van der Waals surface area contributed by atoms with Crippen molar-refractivity contribution in [3.8, 4) is 0 Å². The number of nitrogens with one attached hydrogen (secondary N) is 1. The van der Waals surface area contributed by atoms with Crippen molar-refractivity contribution in [1.29, 1.82) is 0 Å². The van der Waals surface area contributed by atoms with Crippen LogP contribution in [0.1, 0.15) is 37.9 Å². The molecule has 6 heteroatoms. The van der Waals surface area contributed by atoms with Gasteiger partial charge < -0.3 is 19.9 Å². The molecule has 122 valence electrons. The predicted molar refractivity (Wildman–Crippen MR) is 83.5 cm³/mol. The van der Waals surface area contributed by atoms with E-state index in [1.165, 1.54) is 6.42 Å². The Kier molecular flexibility index (Phi) is 4.38. The molecule has 1 aliphatic heterocycles. The first-order chi connectivity index (χ1) is 10.6. The van der Waals surface area contributed by atoms with Crippen LogP contribution < -0.4 is 5.32 Å².